The highest BCUT2D eigenvalue weighted by Crippen LogP contribution is 2.33. The molecule has 2 aromatic carbocycles. The highest BCUT2D eigenvalue weighted by Gasteiger charge is 2.26. The molecule has 29 heavy (non-hydrogen) atoms. The Kier molecular flexibility index (Phi) is 6.03. The number of alkyl carbamates (subject to hydrolysis) is 1. The van der Waals surface area contributed by atoms with Crippen molar-refractivity contribution in [2.24, 2.45) is 0 Å². The minimum Gasteiger partial charge on any atom is -0.479 e. The summed E-state index contributed by atoms with van der Waals surface area (Å²) < 4.78 is 11.0. The van der Waals surface area contributed by atoms with Crippen molar-refractivity contribution in [3.8, 4) is 5.75 Å². The lowest BCUT2D eigenvalue weighted by atomic mass is 9.97. The van der Waals surface area contributed by atoms with Crippen LogP contribution in [-0.2, 0) is 16.0 Å². The summed E-state index contributed by atoms with van der Waals surface area (Å²) in [6, 6.07) is 12.5. The third-order valence-corrected chi connectivity index (χ3v) is 4.78. The monoisotopic (exact) mass is 416 g/mol. The van der Waals surface area contributed by atoms with Gasteiger partial charge in [0.15, 0.2) is 6.10 Å². The minimum atomic E-state index is -0.618. The molecule has 1 aliphatic heterocycles. The second kappa shape index (κ2) is 8.33. The smallest absolute Gasteiger partial charge is 0.408 e. The van der Waals surface area contributed by atoms with E-state index in [1.807, 2.05) is 51.1 Å². The topological polar surface area (TPSA) is 76.7 Å². The third-order valence-electron chi connectivity index (χ3n) is 4.41. The van der Waals surface area contributed by atoms with Crippen molar-refractivity contribution < 1.29 is 19.1 Å². The van der Waals surface area contributed by atoms with E-state index < -0.39 is 23.8 Å². The largest absolute Gasteiger partial charge is 0.479 e. The molecule has 0 aromatic heterocycles. The molecule has 0 radical (unpaired) electrons. The van der Waals surface area contributed by atoms with Crippen molar-refractivity contribution in [1.29, 1.82) is 0 Å². The van der Waals surface area contributed by atoms with Gasteiger partial charge < -0.3 is 20.1 Å². The normalized spacial score (nSPS) is 16.9. The van der Waals surface area contributed by atoms with Crippen molar-refractivity contribution in [1.82, 2.24) is 5.32 Å². The van der Waals surface area contributed by atoms with Gasteiger partial charge >= 0.3 is 6.09 Å². The molecule has 0 bridgehead atoms. The SMILES string of the molecule is CC1Oc2ccc(C(Cc3ccccc3Cl)NC(=O)OC(C)(C)C)cc2NC1=O. The Morgan fingerprint density at radius 3 is 2.69 bits per heavy atom. The maximum absolute atomic E-state index is 12.4. The molecule has 0 saturated carbocycles. The van der Waals surface area contributed by atoms with Crippen molar-refractivity contribution in [2.45, 2.75) is 51.9 Å². The van der Waals surface area contributed by atoms with Gasteiger partial charge in [-0.05, 0) is 63.4 Å². The van der Waals surface area contributed by atoms with Crippen LogP contribution in [0.1, 0.15) is 44.9 Å². The summed E-state index contributed by atoms with van der Waals surface area (Å²) >= 11 is 6.33. The predicted molar refractivity (Wildman–Crippen MR) is 112 cm³/mol. The number of rotatable bonds is 4. The Morgan fingerprint density at radius 1 is 1.28 bits per heavy atom. The van der Waals surface area contributed by atoms with Gasteiger partial charge in [-0.1, -0.05) is 35.9 Å². The molecule has 0 fully saturated rings. The first kappa shape index (κ1) is 21.0. The summed E-state index contributed by atoms with van der Waals surface area (Å²) in [4.78, 5) is 24.4. The fourth-order valence-electron chi connectivity index (χ4n) is 3.03. The Labute approximate surface area is 175 Å². The van der Waals surface area contributed by atoms with E-state index >= 15 is 0 Å². The third kappa shape index (κ3) is 5.41. The van der Waals surface area contributed by atoms with Crippen molar-refractivity contribution in [2.75, 3.05) is 5.32 Å². The van der Waals surface area contributed by atoms with Crippen LogP contribution in [0, 0.1) is 0 Å². The van der Waals surface area contributed by atoms with Crippen LogP contribution in [0.5, 0.6) is 5.75 Å². The summed E-state index contributed by atoms with van der Waals surface area (Å²) in [6.45, 7) is 7.12. The van der Waals surface area contributed by atoms with Gasteiger partial charge in [-0.25, -0.2) is 4.79 Å². The average Bonchev–Trinajstić information content (AvgIpc) is 2.62. The van der Waals surface area contributed by atoms with Gasteiger partial charge in [-0.15, -0.1) is 0 Å². The van der Waals surface area contributed by atoms with Gasteiger partial charge in [0, 0.05) is 5.02 Å². The van der Waals surface area contributed by atoms with Crippen LogP contribution < -0.4 is 15.4 Å². The summed E-state index contributed by atoms with van der Waals surface area (Å²) in [5, 5.41) is 6.37. The molecular weight excluding hydrogens is 392 g/mol. The van der Waals surface area contributed by atoms with Crippen molar-refractivity contribution in [3.05, 3.63) is 58.6 Å². The van der Waals surface area contributed by atoms with E-state index in [1.54, 1.807) is 19.1 Å². The molecule has 7 heteroatoms. The summed E-state index contributed by atoms with van der Waals surface area (Å²) in [6.07, 6.45) is -0.614. The molecule has 3 rings (SSSR count). The molecule has 0 saturated heterocycles. The zero-order valence-electron chi connectivity index (χ0n) is 16.9. The first-order chi connectivity index (χ1) is 13.6. The Morgan fingerprint density at radius 2 is 2.00 bits per heavy atom. The second-order valence-electron chi connectivity index (χ2n) is 8.00. The molecule has 6 nitrogen and oxygen atoms in total. The molecule has 154 valence electrons. The number of carbonyl (C=O) groups excluding carboxylic acids is 2. The fourth-order valence-corrected chi connectivity index (χ4v) is 3.24. The van der Waals surface area contributed by atoms with Gasteiger partial charge in [0.25, 0.3) is 5.91 Å². The van der Waals surface area contributed by atoms with Gasteiger partial charge in [-0.3, -0.25) is 4.79 Å². The lowest BCUT2D eigenvalue weighted by Gasteiger charge is -2.27. The lowest BCUT2D eigenvalue weighted by molar-refractivity contribution is -0.122. The molecule has 0 aliphatic carbocycles. The zero-order valence-corrected chi connectivity index (χ0v) is 17.7. The van der Waals surface area contributed by atoms with Crippen LogP contribution in [0.2, 0.25) is 5.02 Å². The number of fused-ring (bicyclic) bond motifs is 1. The van der Waals surface area contributed by atoms with Crippen LogP contribution in [0.25, 0.3) is 0 Å². The summed E-state index contributed by atoms with van der Waals surface area (Å²) in [7, 11) is 0. The van der Waals surface area contributed by atoms with Gasteiger partial charge in [0.05, 0.1) is 11.7 Å². The van der Waals surface area contributed by atoms with Gasteiger partial charge in [0.1, 0.15) is 11.4 Å². The number of ether oxygens (including phenoxy) is 2. The molecule has 2 atom stereocenters. The lowest BCUT2D eigenvalue weighted by Crippen LogP contribution is -2.36. The summed E-state index contributed by atoms with van der Waals surface area (Å²) in [5.74, 6) is 0.381. The van der Waals surface area contributed by atoms with Crippen LogP contribution in [-0.4, -0.2) is 23.7 Å². The maximum Gasteiger partial charge on any atom is 0.408 e. The highest BCUT2D eigenvalue weighted by atomic mass is 35.5. The molecule has 0 spiro atoms. The fraction of sp³-hybridized carbons (Fsp3) is 0.364. The number of hydrogen-bond acceptors (Lipinski definition) is 4. The maximum atomic E-state index is 12.4. The number of anilines is 1. The van der Waals surface area contributed by atoms with Crippen molar-refractivity contribution >= 4 is 29.3 Å². The highest BCUT2D eigenvalue weighted by molar-refractivity contribution is 6.31. The van der Waals surface area contributed by atoms with Crippen molar-refractivity contribution in [3.63, 3.8) is 0 Å². The van der Waals surface area contributed by atoms with Crippen LogP contribution in [0.15, 0.2) is 42.5 Å². The van der Waals surface area contributed by atoms with Gasteiger partial charge in [0.2, 0.25) is 0 Å². The number of nitrogens with one attached hydrogen (secondary N) is 2. The average molecular weight is 417 g/mol. The number of carbonyl (C=O) groups is 2. The van der Waals surface area contributed by atoms with Crippen LogP contribution >= 0.6 is 11.6 Å². The molecule has 2 unspecified atom stereocenters. The second-order valence-corrected chi connectivity index (χ2v) is 8.41. The number of benzene rings is 2. The Hall–Kier alpha value is -2.73. The minimum absolute atomic E-state index is 0.211. The van der Waals surface area contributed by atoms with E-state index in [4.69, 9.17) is 21.1 Å². The van der Waals surface area contributed by atoms with E-state index in [0.717, 1.165) is 11.1 Å². The molecular formula is C22H25ClN2O4. The standard InChI is InChI=1S/C22H25ClN2O4/c1-13-20(26)24-18-12-15(9-10-19(18)28-13)17(25-21(27)29-22(2,3)4)11-14-7-5-6-8-16(14)23/h5-10,12-13,17H,11H2,1-4H3,(H,24,26)(H,25,27). The van der Waals surface area contributed by atoms with Crippen LogP contribution in [0.4, 0.5) is 10.5 Å². The van der Waals surface area contributed by atoms with E-state index in [1.165, 1.54) is 0 Å². The van der Waals surface area contributed by atoms with E-state index in [0.29, 0.717) is 22.9 Å². The first-order valence-electron chi connectivity index (χ1n) is 9.47. The quantitative estimate of drug-likeness (QED) is 0.745. The first-order valence-corrected chi connectivity index (χ1v) is 9.84. The molecule has 2 amide bonds. The van der Waals surface area contributed by atoms with E-state index in [9.17, 15) is 9.59 Å². The van der Waals surface area contributed by atoms with E-state index in [-0.39, 0.29) is 5.91 Å². The number of hydrogen-bond donors (Lipinski definition) is 2. The van der Waals surface area contributed by atoms with Gasteiger partial charge in [-0.2, -0.15) is 0 Å². The summed E-state index contributed by atoms with van der Waals surface area (Å²) in [5.41, 5.74) is 1.64. The Bertz CT molecular complexity index is 923. The Balaban J connectivity index is 1.90. The zero-order chi connectivity index (χ0) is 21.2. The van der Waals surface area contributed by atoms with Crippen LogP contribution in [0.3, 0.4) is 0 Å². The molecule has 1 aliphatic rings. The number of halogens is 1. The molecule has 2 N–H and O–H groups in total. The van der Waals surface area contributed by atoms with E-state index in [2.05, 4.69) is 10.6 Å². The number of amides is 2. The molecule has 1 heterocycles. The predicted octanol–water partition coefficient (Wildman–Crippen LogP) is 4.87. The molecule has 2 aromatic rings.